The molecule has 0 aliphatic rings. The van der Waals surface area contributed by atoms with Gasteiger partial charge < -0.3 is 9.72 Å². The first-order chi connectivity index (χ1) is 10.4. The third-order valence-electron chi connectivity index (χ3n) is 3.13. The van der Waals surface area contributed by atoms with E-state index in [4.69, 9.17) is 6.11 Å². The van der Waals surface area contributed by atoms with Crippen LogP contribution in [0.2, 0.25) is 0 Å². The Bertz CT molecular complexity index is 793. The minimum Gasteiger partial charge on any atom is -0.489 e. The maximum Gasteiger partial charge on any atom is 0.416 e. The van der Waals surface area contributed by atoms with Gasteiger partial charge in [0.25, 0.3) is 0 Å². The number of hydrogen-bond donors (Lipinski definition) is 1. The molecule has 0 atom stereocenters. The average Bonchev–Trinajstić information content (AvgIpc) is 2.86. The van der Waals surface area contributed by atoms with Crippen molar-refractivity contribution in [3.05, 3.63) is 65.8 Å². The minimum atomic E-state index is -4.33. The number of fused-ring (bicyclic) bond motifs is 1. The predicted molar refractivity (Wildman–Crippen MR) is 74.1 cm³/mol. The molecule has 5 heteroatoms. The first-order valence-corrected chi connectivity index (χ1v) is 6.30. The molecule has 0 unspecified atom stereocenters. The van der Waals surface area contributed by atoms with E-state index in [1.165, 1.54) is 12.1 Å². The van der Waals surface area contributed by atoms with Gasteiger partial charge in [-0.2, -0.15) is 13.2 Å². The molecule has 1 aromatic heterocycles. The molecule has 1 N–H and O–H groups in total. The lowest BCUT2D eigenvalue weighted by Gasteiger charge is -2.09. The predicted octanol–water partition coefficient (Wildman–Crippen LogP) is 4.77. The van der Waals surface area contributed by atoms with Crippen molar-refractivity contribution in [3.8, 4) is 5.75 Å². The highest BCUT2D eigenvalue weighted by Crippen LogP contribution is 2.29. The van der Waals surface area contributed by atoms with Crippen LogP contribution in [-0.2, 0) is 12.8 Å². The van der Waals surface area contributed by atoms with Gasteiger partial charge in [-0.05, 0) is 41.9 Å². The largest absolute Gasteiger partial charge is 0.489 e. The van der Waals surface area contributed by atoms with Crippen molar-refractivity contribution in [1.29, 1.82) is 0 Å². The first kappa shape index (κ1) is 12.3. The molecular weight excluding hydrogens is 279 g/mol. The lowest BCUT2D eigenvalue weighted by atomic mass is 10.1. The van der Waals surface area contributed by atoms with Gasteiger partial charge in [-0.1, -0.05) is 12.1 Å². The Kier molecular flexibility index (Phi) is 3.03. The Balaban J connectivity index is 1.72. The van der Waals surface area contributed by atoms with E-state index in [1.807, 2.05) is 0 Å². The number of aromatic nitrogens is 1. The summed E-state index contributed by atoms with van der Waals surface area (Å²) in [4.78, 5) is 2.96. The molecule has 0 spiro atoms. The zero-order valence-corrected chi connectivity index (χ0v) is 10.9. The Morgan fingerprint density at radius 3 is 2.57 bits per heavy atom. The number of halogens is 3. The molecule has 2 aromatic carbocycles. The van der Waals surface area contributed by atoms with E-state index in [9.17, 15) is 13.2 Å². The zero-order chi connectivity index (χ0) is 15.7. The van der Waals surface area contributed by atoms with Crippen molar-refractivity contribution in [2.45, 2.75) is 12.8 Å². The summed E-state index contributed by atoms with van der Waals surface area (Å²) in [7, 11) is 0. The van der Waals surface area contributed by atoms with Crippen molar-refractivity contribution in [1.82, 2.24) is 4.98 Å². The molecule has 0 bridgehead atoms. The molecule has 1 heterocycles. The normalized spacial score (nSPS) is 12.4. The van der Waals surface area contributed by atoms with Crippen LogP contribution in [0.25, 0.3) is 10.9 Å². The van der Waals surface area contributed by atoms with Crippen LogP contribution in [0.5, 0.6) is 5.75 Å². The summed E-state index contributed by atoms with van der Waals surface area (Å²) >= 11 is 0. The highest BCUT2D eigenvalue weighted by atomic mass is 19.4. The van der Waals surface area contributed by atoms with E-state index in [0.717, 1.165) is 23.0 Å². The number of rotatable bonds is 3. The number of hydrogen-bond acceptors (Lipinski definition) is 1. The van der Waals surface area contributed by atoms with Gasteiger partial charge in [-0.15, -0.1) is 0 Å². The van der Waals surface area contributed by atoms with E-state index in [2.05, 4.69) is 4.98 Å². The highest BCUT2D eigenvalue weighted by molar-refractivity contribution is 5.80. The van der Waals surface area contributed by atoms with Crippen LogP contribution < -0.4 is 4.74 Å². The summed E-state index contributed by atoms with van der Waals surface area (Å²) in [5.74, 6) is 0.570. The number of benzene rings is 2. The fourth-order valence-electron chi connectivity index (χ4n) is 2.01. The number of ether oxygens (including phenoxy) is 1. The van der Waals surface area contributed by atoms with Gasteiger partial charge in [-0.25, -0.2) is 0 Å². The Labute approximate surface area is 120 Å². The van der Waals surface area contributed by atoms with Crippen molar-refractivity contribution >= 4 is 10.9 Å². The van der Waals surface area contributed by atoms with E-state index < -0.39 is 11.7 Å². The summed E-state index contributed by atoms with van der Waals surface area (Å²) in [6.45, 7) is 0.168. The molecule has 0 fully saturated rings. The number of aromatic amines is 1. The van der Waals surface area contributed by atoms with E-state index >= 15 is 0 Å². The lowest BCUT2D eigenvalue weighted by molar-refractivity contribution is -0.137. The topological polar surface area (TPSA) is 25.0 Å². The quantitative estimate of drug-likeness (QED) is 0.739. The van der Waals surface area contributed by atoms with Gasteiger partial charge in [0, 0.05) is 17.1 Å². The molecule has 3 rings (SSSR count). The molecule has 3 aromatic rings. The maximum absolute atomic E-state index is 12.5. The molecule has 0 saturated carbocycles. The van der Waals surface area contributed by atoms with Gasteiger partial charge in [0.15, 0.2) is 0 Å². The maximum atomic E-state index is 12.5. The SMILES string of the molecule is [2H]c1c[nH]c2ccc(OCc3ccc(C(F)(F)F)cc3)cc12. The molecule has 21 heavy (non-hydrogen) atoms. The van der Waals surface area contributed by atoms with Crippen LogP contribution in [0.3, 0.4) is 0 Å². The second kappa shape index (κ2) is 5.16. The van der Waals surface area contributed by atoms with Crippen molar-refractivity contribution in [3.63, 3.8) is 0 Å². The highest BCUT2D eigenvalue weighted by Gasteiger charge is 2.29. The number of H-pyrrole nitrogens is 1. The standard InChI is InChI=1S/C16H12F3NO/c17-16(18,19)13-3-1-11(2-4-13)10-21-14-5-6-15-12(9-14)7-8-20-15/h1-9,20H,10H2/i7D. The van der Waals surface area contributed by atoms with Crippen LogP contribution in [0.1, 0.15) is 12.5 Å². The molecule has 0 saturated heterocycles. The van der Waals surface area contributed by atoms with Gasteiger partial charge in [-0.3, -0.25) is 0 Å². The van der Waals surface area contributed by atoms with E-state index in [1.54, 1.807) is 24.4 Å². The average molecular weight is 292 g/mol. The summed E-state index contributed by atoms with van der Waals surface area (Å²) in [6.07, 6.45) is -2.74. The van der Waals surface area contributed by atoms with Crippen LogP contribution in [-0.4, -0.2) is 4.98 Å². The first-order valence-electron chi connectivity index (χ1n) is 6.80. The second-order valence-electron chi connectivity index (χ2n) is 4.62. The van der Waals surface area contributed by atoms with Crippen molar-refractivity contribution in [2.24, 2.45) is 0 Å². The zero-order valence-electron chi connectivity index (χ0n) is 11.9. The Morgan fingerprint density at radius 2 is 1.86 bits per heavy atom. The van der Waals surface area contributed by atoms with Crippen molar-refractivity contribution in [2.75, 3.05) is 0 Å². The molecule has 0 aliphatic heterocycles. The van der Waals surface area contributed by atoms with Crippen LogP contribution >= 0.6 is 0 Å². The second-order valence-corrected chi connectivity index (χ2v) is 4.62. The summed E-state index contributed by atoms with van der Waals surface area (Å²) in [5.41, 5.74) is 0.809. The summed E-state index contributed by atoms with van der Waals surface area (Å²) in [6, 6.07) is 10.5. The molecular formula is C16H12F3NO. The molecule has 0 amide bonds. The minimum absolute atomic E-state index is 0.168. The third kappa shape index (κ3) is 3.02. The van der Waals surface area contributed by atoms with Gasteiger partial charge in [0.2, 0.25) is 0 Å². The monoisotopic (exact) mass is 292 g/mol. The molecule has 0 aliphatic carbocycles. The number of alkyl halides is 3. The van der Waals surface area contributed by atoms with Crippen LogP contribution in [0, 0.1) is 0 Å². The van der Waals surface area contributed by atoms with E-state index in [0.29, 0.717) is 17.4 Å². The Hall–Kier alpha value is -2.43. The van der Waals surface area contributed by atoms with Gasteiger partial charge >= 0.3 is 6.18 Å². The molecule has 0 radical (unpaired) electrons. The summed E-state index contributed by atoms with van der Waals surface area (Å²) < 4.78 is 50.7. The fourth-order valence-corrected chi connectivity index (χ4v) is 2.01. The fraction of sp³-hybridized carbons (Fsp3) is 0.125. The van der Waals surface area contributed by atoms with Crippen molar-refractivity contribution < 1.29 is 19.3 Å². The lowest BCUT2D eigenvalue weighted by Crippen LogP contribution is -2.05. The van der Waals surface area contributed by atoms with Crippen LogP contribution in [0.15, 0.2) is 54.7 Å². The van der Waals surface area contributed by atoms with Crippen LogP contribution in [0.4, 0.5) is 13.2 Å². The smallest absolute Gasteiger partial charge is 0.416 e. The summed E-state index contributed by atoms with van der Waals surface area (Å²) in [5, 5.41) is 0.741. The Morgan fingerprint density at radius 1 is 1.10 bits per heavy atom. The van der Waals surface area contributed by atoms with Gasteiger partial charge in [0.05, 0.1) is 6.93 Å². The van der Waals surface area contributed by atoms with E-state index in [-0.39, 0.29) is 6.61 Å². The molecule has 2 nitrogen and oxygen atoms in total. The third-order valence-corrected chi connectivity index (χ3v) is 3.13. The number of nitrogens with one attached hydrogen (secondary N) is 1. The van der Waals surface area contributed by atoms with Gasteiger partial charge in [0.1, 0.15) is 12.4 Å². The molecule has 108 valence electrons.